The minimum Gasteiger partial charge on any atom is -0.459 e. The largest absolute Gasteiger partial charge is 0.459 e. The molecular weight excluding hydrogens is 214 g/mol. The molecule has 0 saturated carbocycles. The summed E-state index contributed by atoms with van der Waals surface area (Å²) in [7, 11) is 0. The van der Waals surface area contributed by atoms with Crippen LogP contribution in [0.25, 0.3) is 0 Å². The topological polar surface area (TPSA) is 61.6 Å². The summed E-state index contributed by atoms with van der Waals surface area (Å²) in [6.07, 6.45) is 6.33. The van der Waals surface area contributed by atoms with Crippen LogP contribution in [0.15, 0.2) is 35.9 Å². The van der Waals surface area contributed by atoms with Gasteiger partial charge in [0.2, 0.25) is 0 Å². The smallest absolute Gasteiger partial charge is 0.262 e. The standard InChI is InChI=1S/C10H9NO3S/c11-10(12)9-7(4-6-15-9)14-8-3-1-2-5-13-8/h1-6,8H,(H2,11,12). The Bertz CT molecular complexity index is 422. The molecule has 0 saturated heterocycles. The van der Waals surface area contributed by atoms with Crippen LogP contribution in [0, 0.1) is 0 Å². The predicted molar refractivity (Wildman–Crippen MR) is 56.6 cm³/mol. The molecule has 0 aliphatic carbocycles. The quantitative estimate of drug-likeness (QED) is 0.847. The molecule has 0 aromatic carbocycles. The number of hydrogen-bond donors (Lipinski definition) is 1. The summed E-state index contributed by atoms with van der Waals surface area (Å²) in [6.45, 7) is 0. The maximum absolute atomic E-state index is 11.0. The van der Waals surface area contributed by atoms with Crippen LogP contribution in [0.4, 0.5) is 0 Å². The first-order chi connectivity index (χ1) is 7.27. The highest BCUT2D eigenvalue weighted by Crippen LogP contribution is 2.25. The number of primary amides is 1. The van der Waals surface area contributed by atoms with Gasteiger partial charge in [0.15, 0.2) is 0 Å². The van der Waals surface area contributed by atoms with Gasteiger partial charge in [-0.1, -0.05) is 6.08 Å². The van der Waals surface area contributed by atoms with Gasteiger partial charge in [-0.05, 0) is 23.6 Å². The van der Waals surface area contributed by atoms with Gasteiger partial charge in [-0.2, -0.15) is 0 Å². The summed E-state index contributed by atoms with van der Waals surface area (Å²) in [5.41, 5.74) is 5.18. The maximum atomic E-state index is 11.0. The summed E-state index contributed by atoms with van der Waals surface area (Å²) >= 11 is 1.25. The van der Waals surface area contributed by atoms with Gasteiger partial charge >= 0.3 is 0 Å². The molecule has 1 aliphatic heterocycles. The van der Waals surface area contributed by atoms with Crippen LogP contribution >= 0.6 is 11.3 Å². The summed E-state index contributed by atoms with van der Waals surface area (Å²) in [5, 5.41) is 1.75. The lowest BCUT2D eigenvalue weighted by Gasteiger charge is -2.16. The molecule has 1 amide bonds. The van der Waals surface area contributed by atoms with Crippen molar-refractivity contribution in [2.75, 3.05) is 0 Å². The van der Waals surface area contributed by atoms with Gasteiger partial charge < -0.3 is 15.2 Å². The molecule has 2 rings (SSSR count). The van der Waals surface area contributed by atoms with Crippen LogP contribution in [0.3, 0.4) is 0 Å². The van der Waals surface area contributed by atoms with E-state index in [1.807, 2.05) is 6.08 Å². The van der Waals surface area contributed by atoms with E-state index < -0.39 is 12.2 Å². The SMILES string of the molecule is NC(=O)c1sccc1OC1C=CC=CO1. The summed E-state index contributed by atoms with van der Waals surface area (Å²) in [4.78, 5) is 11.4. The molecular formula is C10H9NO3S. The highest BCUT2D eigenvalue weighted by molar-refractivity contribution is 7.12. The molecule has 5 heteroatoms. The van der Waals surface area contributed by atoms with E-state index >= 15 is 0 Å². The second kappa shape index (κ2) is 4.18. The minimum absolute atomic E-state index is 0.404. The molecule has 2 heterocycles. The molecule has 0 radical (unpaired) electrons. The summed E-state index contributed by atoms with van der Waals surface area (Å²) in [6, 6.07) is 1.69. The van der Waals surface area contributed by atoms with E-state index in [0.717, 1.165) is 0 Å². The summed E-state index contributed by atoms with van der Waals surface area (Å²) < 4.78 is 10.6. The number of carbonyl (C=O) groups excluding carboxylic acids is 1. The number of carbonyl (C=O) groups is 1. The van der Waals surface area contributed by atoms with E-state index in [1.54, 1.807) is 23.6 Å². The van der Waals surface area contributed by atoms with Crippen LogP contribution in [0.5, 0.6) is 5.75 Å². The first-order valence-corrected chi connectivity index (χ1v) is 5.18. The maximum Gasteiger partial charge on any atom is 0.262 e. The Kier molecular flexibility index (Phi) is 2.73. The van der Waals surface area contributed by atoms with Crippen molar-refractivity contribution < 1.29 is 14.3 Å². The normalized spacial score (nSPS) is 18.5. The van der Waals surface area contributed by atoms with Crippen molar-refractivity contribution in [1.82, 2.24) is 0 Å². The third kappa shape index (κ3) is 2.19. The Hall–Kier alpha value is -1.75. The van der Waals surface area contributed by atoms with Gasteiger partial charge in [-0.3, -0.25) is 4.79 Å². The first-order valence-electron chi connectivity index (χ1n) is 4.30. The Morgan fingerprint density at radius 2 is 2.40 bits per heavy atom. The third-order valence-corrected chi connectivity index (χ3v) is 2.68. The highest BCUT2D eigenvalue weighted by Gasteiger charge is 2.15. The Morgan fingerprint density at radius 1 is 1.53 bits per heavy atom. The average molecular weight is 223 g/mol. The molecule has 0 fully saturated rings. The number of rotatable bonds is 3. The fourth-order valence-electron chi connectivity index (χ4n) is 1.13. The zero-order chi connectivity index (χ0) is 10.7. The van der Waals surface area contributed by atoms with Crippen LogP contribution in [-0.2, 0) is 4.74 Å². The molecule has 1 unspecified atom stereocenters. The van der Waals surface area contributed by atoms with E-state index in [1.165, 1.54) is 17.6 Å². The van der Waals surface area contributed by atoms with Gasteiger partial charge in [0, 0.05) is 0 Å². The Labute approximate surface area is 90.6 Å². The molecule has 0 bridgehead atoms. The molecule has 78 valence electrons. The van der Waals surface area contributed by atoms with Crippen molar-refractivity contribution in [3.8, 4) is 5.75 Å². The first kappa shape index (κ1) is 9.79. The van der Waals surface area contributed by atoms with Gasteiger partial charge in [-0.15, -0.1) is 11.3 Å². The van der Waals surface area contributed by atoms with Crippen molar-refractivity contribution >= 4 is 17.2 Å². The van der Waals surface area contributed by atoms with Crippen molar-refractivity contribution in [2.24, 2.45) is 5.73 Å². The fraction of sp³-hybridized carbons (Fsp3) is 0.100. The number of amides is 1. The molecule has 2 N–H and O–H groups in total. The molecule has 1 aromatic heterocycles. The van der Waals surface area contributed by atoms with Crippen molar-refractivity contribution in [2.45, 2.75) is 6.29 Å². The number of ether oxygens (including phenoxy) is 2. The fourth-order valence-corrected chi connectivity index (χ4v) is 1.81. The lowest BCUT2D eigenvalue weighted by molar-refractivity contribution is 0.00775. The number of nitrogens with two attached hydrogens (primary N) is 1. The molecule has 15 heavy (non-hydrogen) atoms. The molecule has 4 nitrogen and oxygen atoms in total. The zero-order valence-electron chi connectivity index (χ0n) is 7.75. The molecule has 0 spiro atoms. The van der Waals surface area contributed by atoms with E-state index in [2.05, 4.69) is 0 Å². The van der Waals surface area contributed by atoms with Crippen molar-refractivity contribution in [3.63, 3.8) is 0 Å². The van der Waals surface area contributed by atoms with Crippen LogP contribution in [0.2, 0.25) is 0 Å². The van der Waals surface area contributed by atoms with Gasteiger partial charge in [0.05, 0.1) is 6.26 Å². The predicted octanol–water partition coefficient (Wildman–Crippen LogP) is 1.65. The van der Waals surface area contributed by atoms with E-state index in [0.29, 0.717) is 10.6 Å². The second-order valence-electron chi connectivity index (χ2n) is 2.81. The van der Waals surface area contributed by atoms with Gasteiger partial charge in [-0.25, -0.2) is 0 Å². The van der Waals surface area contributed by atoms with Crippen LogP contribution in [-0.4, -0.2) is 12.2 Å². The monoisotopic (exact) mass is 223 g/mol. The zero-order valence-corrected chi connectivity index (χ0v) is 8.57. The van der Waals surface area contributed by atoms with Crippen molar-refractivity contribution in [1.29, 1.82) is 0 Å². The number of thiophene rings is 1. The Morgan fingerprint density at radius 3 is 3.07 bits per heavy atom. The van der Waals surface area contributed by atoms with Crippen molar-refractivity contribution in [3.05, 3.63) is 40.8 Å². The lowest BCUT2D eigenvalue weighted by Crippen LogP contribution is -2.18. The Balaban J connectivity index is 2.10. The van der Waals surface area contributed by atoms with Crippen LogP contribution in [0.1, 0.15) is 9.67 Å². The van der Waals surface area contributed by atoms with Gasteiger partial charge in [0.25, 0.3) is 12.2 Å². The lowest BCUT2D eigenvalue weighted by atomic mass is 10.4. The number of allylic oxidation sites excluding steroid dienone is 2. The highest BCUT2D eigenvalue weighted by atomic mass is 32.1. The third-order valence-electron chi connectivity index (χ3n) is 1.77. The average Bonchev–Trinajstić information content (AvgIpc) is 2.67. The van der Waals surface area contributed by atoms with E-state index in [-0.39, 0.29) is 0 Å². The second-order valence-corrected chi connectivity index (χ2v) is 3.73. The van der Waals surface area contributed by atoms with Gasteiger partial charge in [0.1, 0.15) is 10.6 Å². The summed E-state index contributed by atoms with van der Waals surface area (Å²) in [5.74, 6) is -0.0345. The molecule has 1 aliphatic rings. The molecule has 1 aromatic rings. The van der Waals surface area contributed by atoms with E-state index in [4.69, 9.17) is 15.2 Å². The van der Waals surface area contributed by atoms with Crippen LogP contribution < -0.4 is 10.5 Å². The minimum atomic E-state index is -0.498. The molecule has 1 atom stereocenters. The number of hydrogen-bond acceptors (Lipinski definition) is 4. The van der Waals surface area contributed by atoms with E-state index in [9.17, 15) is 4.79 Å².